The summed E-state index contributed by atoms with van der Waals surface area (Å²) < 4.78 is 27.4. The van der Waals surface area contributed by atoms with Crippen molar-refractivity contribution < 1.29 is 18.3 Å². The van der Waals surface area contributed by atoms with Gasteiger partial charge < -0.3 is 5.11 Å². The highest BCUT2D eigenvalue weighted by Gasteiger charge is 2.22. The van der Waals surface area contributed by atoms with Crippen LogP contribution in [0.15, 0.2) is 27.6 Å². The summed E-state index contributed by atoms with van der Waals surface area (Å²) in [6, 6.07) is 3.70. The van der Waals surface area contributed by atoms with E-state index in [0.29, 0.717) is 12.2 Å². The van der Waals surface area contributed by atoms with Crippen molar-refractivity contribution in [3.05, 3.63) is 28.2 Å². The molecule has 0 saturated heterocycles. The van der Waals surface area contributed by atoms with Crippen LogP contribution in [-0.2, 0) is 10.0 Å². The average Bonchev–Trinajstić information content (AvgIpc) is 2.37. The van der Waals surface area contributed by atoms with Crippen molar-refractivity contribution in [2.75, 3.05) is 12.0 Å². The van der Waals surface area contributed by atoms with Crippen LogP contribution in [0.5, 0.6) is 0 Å². The lowest BCUT2D eigenvalue weighted by atomic mass is 10.2. The molecule has 112 valence electrons. The lowest BCUT2D eigenvalue weighted by molar-refractivity contribution is 0.0696. The largest absolute Gasteiger partial charge is 0.478 e. The molecule has 20 heavy (non-hydrogen) atoms. The first-order valence-corrected chi connectivity index (χ1v) is 9.53. The molecule has 0 aliphatic rings. The smallest absolute Gasteiger partial charge is 0.335 e. The monoisotopic (exact) mass is 381 g/mol. The maximum Gasteiger partial charge on any atom is 0.335 e. The van der Waals surface area contributed by atoms with Crippen molar-refractivity contribution in [3.8, 4) is 0 Å². The third kappa shape index (κ3) is 4.47. The molecule has 1 rings (SSSR count). The zero-order valence-corrected chi connectivity index (χ0v) is 14.3. The van der Waals surface area contributed by atoms with Crippen LogP contribution in [0.25, 0.3) is 0 Å². The molecular formula is C12H16BrNO4S2. The second-order valence-electron chi connectivity index (χ2n) is 4.13. The summed E-state index contributed by atoms with van der Waals surface area (Å²) >= 11 is 4.68. The van der Waals surface area contributed by atoms with Gasteiger partial charge in [0.25, 0.3) is 0 Å². The molecule has 0 aliphatic heterocycles. The highest BCUT2D eigenvalue weighted by atomic mass is 79.9. The van der Waals surface area contributed by atoms with Crippen LogP contribution in [0.4, 0.5) is 0 Å². The summed E-state index contributed by atoms with van der Waals surface area (Å²) in [5, 5.41) is 8.87. The molecule has 0 fully saturated rings. The normalized spacial score (nSPS) is 13.2. The van der Waals surface area contributed by atoms with Gasteiger partial charge >= 0.3 is 5.97 Å². The average molecular weight is 382 g/mol. The van der Waals surface area contributed by atoms with Crippen molar-refractivity contribution >= 4 is 43.7 Å². The third-order valence-electron chi connectivity index (χ3n) is 2.65. The summed E-state index contributed by atoms with van der Waals surface area (Å²) in [5.41, 5.74) is 0.0342. The summed E-state index contributed by atoms with van der Waals surface area (Å²) in [7, 11) is -3.67. The van der Waals surface area contributed by atoms with Crippen molar-refractivity contribution in [2.24, 2.45) is 0 Å². The number of sulfonamides is 1. The summed E-state index contributed by atoms with van der Waals surface area (Å²) in [4.78, 5) is 10.9. The Labute approximate surface area is 131 Å². The molecule has 0 bridgehead atoms. The Kier molecular flexibility index (Phi) is 6.50. The van der Waals surface area contributed by atoms with Gasteiger partial charge in [-0.25, -0.2) is 17.9 Å². The number of halogens is 1. The minimum absolute atomic E-state index is 0.0342. The molecule has 0 radical (unpaired) electrons. The SMILES string of the molecule is CCC(CSC)NS(=O)(=O)c1ccc(C(=O)O)cc1Br. The second kappa shape index (κ2) is 7.44. The Morgan fingerprint density at radius 2 is 2.15 bits per heavy atom. The Morgan fingerprint density at radius 1 is 1.50 bits per heavy atom. The van der Waals surface area contributed by atoms with Crippen molar-refractivity contribution in [3.63, 3.8) is 0 Å². The van der Waals surface area contributed by atoms with Gasteiger partial charge in [0.2, 0.25) is 10.0 Å². The number of carboxylic acids is 1. The standard InChI is InChI=1S/C12H16BrNO4S2/c1-3-9(7-19-2)14-20(17,18)11-5-4-8(12(15)16)6-10(11)13/h4-6,9,14H,3,7H2,1-2H3,(H,15,16). The van der Waals surface area contributed by atoms with E-state index in [9.17, 15) is 13.2 Å². The van der Waals surface area contributed by atoms with Crippen molar-refractivity contribution in [2.45, 2.75) is 24.3 Å². The number of hydrogen-bond acceptors (Lipinski definition) is 4. The van der Waals surface area contributed by atoms with Gasteiger partial charge in [0, 0.05) is 16.3 Å². The molecule has 1 aromatic carbocycles. The van der Waals surface area contributed by atoms with Gasteiger partial charge in [-0.2, -0.15) is 11.8 Å². The fourth-order valence-corrected chi connectivity index (χ4v) is 4.79. The van der Waals surface area contributed by atoms with Gasteiger partial charge in [-0.15, -0.1) is 0 Å². The number of hydrogen-bond donors (Lipinski definition) is 2. The number of benzene rings is 1. The molecule has 1 unspecified atom stereocenters. The fraction of sp³-hybridized carbons (Fsp3) is 0.417. The number of carboxylic acid groups (broad SMARTS) is 1. The van der Waals surface area contributed by atoms with E-state index in [1.165, 1.54) is 18.2 Å². The lowest BCUT2D eigenvalue weighted by Gasteiger charge is -2.16. The van der Waals surface area contributed by atoms with Gasteiger partial charge in [0.1, 0.15) is 0 Å². The van der Waals surface area contributed by atoms with E-state index in [-0.39, 0.29) is 21.0 Å². The number of rotatable bonds is 7. The quantitative estimate of drug-likeness (QED) is 0.757. The molecule has 1 atom stereocenters. The van der Waals surface area contributed by atoms with Crippen molar-refractivity contribution in [1.29, 1.82) is 0 Å². The van der Waals surface area contributed by atoms with Crippen LogP contribution in [0, 0.1) is 0 Å². The highest BCUT2D eigenvalue weighted by Crippen LogP contribution is 2.24. The van der Waals surface area contributed by atoms with Gasteiger partial charge in [-0.1, -0.05) is 6.92 Å². The van der Waals surface area contributed by atoms with Gasteiger partial charge in [-0.05, 0) is 46.8 Å². The Bertz CT molecular complexity index is 589. The molecule has 1 aromatic rings. The summed E-state index contributed by atoms with van der Waals surface area (Å²) in [6.45, 7) is 1.91. The zero-order chi connectivity index (χ0) is 15.3. The second-order valence-corrected chi connectivity index (χ2v) is 7.58. The van der Waals surface area contributed by atoms with Crippen LogP contribution in [0.2, 0.25) is 0 Å². The molecule has 2 N–H and O–H groups in total. The third-order valence-corrected chi connectivity index (χ3v) is 5.88. The van der Waals surface area contributed by atoms with E-state index < -0.39 is 16.0 Å². The summed E-state index contributed by atoms with van der Waals surface area (Å²) in [5.74, 6) is -0.419. The van der Waals surface area contributed by atoms with E-state index in [2.05, 4.69) is 20.7 Å². The Hall–Kier alpha value is -0.570. The molecule has 8 heteroatoms. The van der Waals surface area contributed by atoms with Gasteiger partial charge in [0.05, 0.1) is 10.5 Å². The van der Waals surface area contributed by atoms with Gasteiger partial charge in [0.15, 0.2) is 0 Å². The molecule has 5 nitrogen and oxygen atoms in total. The predicted octanol–water partition coefficient (Wildman–Crippen LogP) is 2.57. The molecule has 0 aromatic heterocycles. The number of aromatic carboxylic acids is 1. The maximum atomic E-state index is 12.3. The first-order chi connectivity index (χ1) is 9.31. The first kappa shape index (κ1) is 17.5. The predicted molar refractivity (Wildman–Crippen MR) is 83.9 cm³/mol. The van der Waals surface area contributed by atoms with E-state index in [1.54, 1.807) is 11.8 Å². The number of nitrogens with one attached hydrogen (secondary N) is 1. The van der Waals surface area contributed by atoms with E-state index in [0.717, 1.165) is 0 Å². The number of thioether (sulfide) groups is 1. The maximum absolute atomic E-state index is 12.3. The molecule has 0 saturated carbocycles. The molecule has 0 aliphatic carbocycles. The van der Waals surface area contributed by atoms with Crippen LogP contribution in [-0.4, -0.2) is 37.5 Å². The minimum Gasteiger partial charge on any atom is -0.478 e. The highest BCUT2D eigenvalue weighted by molar-refractivity contribution is 9.10. The fourth-order valence-electron chi connectivity index (χ4n) is 1.57. The van der Waals surface area contributed by atoms with E-state index in [4.69, 9.17) is 5.11 Å². The Morgan fingerprint density at radius 3 is 2.60 bits per heavy atom. The van der Waals surface area contributed by atoms with Crippen LogP contribution in [0.1, 0.15) is 23.7 Å². The number of carbonyl (C=O) groups is 1. The van der Waals surface area contributed by atoms with E-state index >= 15 is 0 Å². The van der Waals surface area contributed by atoms with Crippen LogP contribution >= 0.6 is 27.7 Å². The zero-order valence-electron chi connectivity index (χ0n) is 11.1. The minimum atomic E-state index is -3.67. The van der Waals surface area contributed by atoms with Crippen LogP contribution < -0.4 is 4.72 Å². The lowest BCUT2D eigenvalue weighted by Crippen LogP contribution is -2.36. The molecule has 0 spiro atoms. The molecule has 0 heterocycles. The molecular weight excluding hydrogens is 366 g/mol. The summed E-state index contributed by atoms with van der Waals surface area (Å²) in [6.07, 6.45) is 2.60. The van der Waals surface area contributed by atoms with Crippen LogP contribution in [0.3, 0.4) is 0 Å². The Balaban J connectivity index is 3.06. The van der Waals surface area contributed by atoms with E-state index in [1.807, 2.05) is 13.2 Å². The first-order valence-electron chi connectivity index (χ1n) is 5.86. The molecule has 0 amide bonds. The van der Waals surface area contributed by atoms with Crippen molar-refractivity contribution in [1.82, 2.24) is 4.72 Å². The van der Waals surface area contributed by atoms with Gasteiger partial charge in [-0.3, -0.25) is 0 Å². The topological polar surface area (TPSA) is 83.5 Å².